The zero-order valence-corrected chi connectivity index (χ0v) is 35.3. The van der Waals surface area contributed by atoms with E-state index in [4.69, 9.17) is 23.7 Å². The Morgan fingerprint density at radius 2 is 1.39 bits per heavy atom. The van der Waals surface area contributed by atoms with Crippen LogP contribution in [0.3, 0.4) is 0 Å². The minimum absolute atomic E-state index is 0.0631. The summed E-state index contributed by atoms with van der Waals surface area (Å²) in [5.74, 6) is -6.59. The van der Waals surface area contributed by atoms with Gasteiger partial charge < -0.3 is 44.3 Å². The van der Waals surface area contributed by atoms with Crippen LogP contribution < -0.4 is 5.32 Å². The summed E-state index contributed by atoms with van der Waals surface area (Å²) in [6.07, 6.45) is -7.54. The standard InChI is InChI=1S/C47H51NO14/c1-26(49)22-43(5)37(45(24-58-25-45)61-29(4)51)39(60-41(55)32-20-14-9-15-21-32)46(57)23-47(27(2)33(44(46,47)6)36(38(43)53)59-28(3)50)62-42(56)35(52)34(30-16-10-7-11-17-30)48-40(54)31-18-12-8-13-19-31/h7-21,26,34-37,39,49,52,57H,22-25H2,1-6H3,(H,48,54)/t26-,34?,35+,36?,37-,39-,43?,44+,46+,47+/m0/s1. The second-order valence-corrected chi connectivity index (χ2v) is 17.3. The molecule has 7 rings (SSSR count). The van der Waals surface area contributed by atoms with Gasteiger partial charge >= 0.3 is 23.9 Å². The van der Waals surface area contributed by atoms with Crippen molar-refractivity contribution >= 4 is 35.6 Å². The average Bonchev–Trinajstić information content (AvgIpc) is 3.22. The molecule has 1 aliphatic heterocycles. The van der Waals surface area contributed by atoms with Crippen molar-refractivity contribution in [2.24, 2.45) is 16.7 Å². The van der Waals surface area contributed by atoms with Crippen molar-refractivity contribution in [3.63, 3.8) is 0 Å². The van der Waals surface area contributed by atoms with E-state index in [9.17, 15) is 39.3 Å². The Balaban J connectivity index is 1.38. The number of amides is 1. The van der Waals surface area contributed by atoms with Gasteiger partial charge in [0.2, 0.25) is 0 Å². The lowest BCUT2D eigenvalue weighted by Gasteiger charge is -2.77. The normalized spacial score (nSPS) is 30.8. The van der Waals surface area contributed by atoms with E-state index in [1.807, 2.05) is 0 Å². The maximum Gasteiger partial charge on any atom is 0.338 e. The molecular formula is C47H51NO14. The van der Waals surface area contributed by atoms with Gasteiger partial charge in [-0.05, 0) is 68.2 Å². The molecule has 10 atom stereocenters. The lowest BCUT2D eigenvalue weighted by Crippen LogP contribution is -2.88. The van der Waals surface area contributed by atoms with E-state index in [1.54, 1.807) is 85.8 Å². The van der Waals surface area contributed by atoms with E-state index in [0.717, 1.165) is 13.8 Å². The molecule has 3 unspecified atom stereocenters. The van der Waals surface area contributed by atoms with Gasteiger partial charge in [-0.1, -0.05) is 73.7 Å². The number of benzene rings is 3. The number of carbonyl (C=O) groups excluding carboxylic acids is 6. The largest absolute Gasteiger partial charge is 0.455 e. The minimum Gasteiger partial charge on any atom is -0.455 e. The van der Waals surface area contributed by atoms with E-state index < -0.39 is 106 Å². The van der Waals surface area contributed by atoms with Crippen LogP contribution in [0.25, 0.3) is 0 Å². The number of rotatable bonds is 13. The quantitative estimate of drug-likeness (QED) is 0.109. The monoisotopic (exact) mass is 853 g/mol. The SMILES string of the molecule is CC(=O)OC1C(=O)C(C)(C[C@H](C)O)[C@@H](C2(OC(C)=O)COC2)[C@H](OC(=O)c2ccccc2)[C@]2(O)C[C@@]3(OC(=O)[C@H](O)C(NC(=O)c4ccccc4)c4ccccc4)C(C)=C1[C@]23C. The van der Waals surface area contributed by atoms with Crippen LogP contribution in [0.4, 0.5) is 0 Å². The molecule has 1 amide bonds. The van der Waals surface area contributed by atoms with Gasteiger partial charge in [0.1, 0.15) is 17.3 Å². The van der Waals surface area contributed by atoms with Crippen LogP contribution >= 0.6 is 0 Å². The van der Waals surface area contributed by atoms with Crippen molar-refractivity contribution < 1.29 is 67.8 Å². The first kappa shape index (κ1) is 44.3. The smallest absolute Gasteiger partial charge is 0.338 e. The third-order valence-electron chi connectivity index (χ3n) is 13.4. The van der Waals surface area contributed by atoms with E-state index in [1.165, 1.54) is 32.9 Å². The second kappa shape index (κ2) is 16.2. The molecule has 0 aromatic heterocycles. The van der Waals surface area contributed by atoms with Crippen molar-refractivity contribution in [2.75, 3.05) is 13.2 Å². The molecular weight excluding hydrogens is 803 g/mol. The minimum atomic E-state index is -2.29. The summed E-state index contributed by atoms with van der Waals surface area (Å²) in [6.45, 7) is 7.60. The van der Waals surface area contributed by atoms with E-state index in [-0.39, 0.29) is 41.9 Å². The van der Waals surface area contributed by atoms with Crippen molar-refractivity contribution in [1.29, 1.82) is 0 Å². The molecule has 0 radical (unpaired) electrons. The van der Waals surface area contributed by atoms with Crippen molar-refractivity contribution in [3.8, 4) is 0 Å². The number of Topliss-reactive ketones (excluding diaryl/α,β-unsaturated/α-hetero) is 1. The first-order valence-electron chi connectivity index (χ1n) is 20.4. The van der Waals surface area contributed by atoms with Crippen LogP contribution in [0.15, 0.2) is 102 Å². The molecule has 4 N–H and O–H groups in total. The fraction of sp³-hybridized carbons (Fsp3) is 0.447. The van der Waals surface area contributed by atoms with E-state index >= 15 is 4.79 Å². The molecule has 4 aliphatic rings. The van der Waals surface area contributed by atoms with Gasteiger partial charge in [-0.2, -0.15) is 0 Å². The average molecular weight is 854 g/mol. The summed E-state index contributed by atoms with van der Waals surface area (Å²) in [5, 5.41) is 39.1. The number of nitrogens with one attached hydrogen (secondary N) is 1. The van der Waals surface area contributed by atoms with E-state index in [2.05, 4.69) is 5.32 Å². The van der Waals surface area contributed by atoms with Gasteiger partial charge in [0, 0.05) is 31.2 Å². The Morgan fingerprint density at radius 3 is 1.90 bits per heavy atom. The van der Waals surface area contributed by atoms with Crippen molar-refractivity contribution in [2.45, 2.75) is 102 Å². The highest BCUT2D eigenvalue weighted by molar-refractivity contribution is 5.97. The third kappa shape index (κ3) is 6.91. The number of hydrogen-bond acceptors (Lipinski definition) is 14. The number of aliphatic hydroxyl groups excluding tert-OH is 2. The third-order valence-corrected chi connectivity index (χ3v) is 13.4. The van der Waals surface area contributed by atoms with E-state index in [0.29, 0.717) is 5.56 Å². The van der Waals surface area contributed by atoms with Crippen molar-refractivity contribution in [3.05, 3.63) is 119 Å². The predicted molar refractivity (Wildman–Crippen MR) is 218 cm³/mol. The Labute approximate surface area is 358 Å². The summed E-state index contributed by atoms with van der Waals surface area (Å²) in [4.78, 5) is 83.4. The second-order valence-electron chi connectivity index (χ2n) is 17.3. The molecule has 3 aromatic rings. The summed E-state index contributed by atoms with van der Waals surface area (Å²) in [5.41, 5.74) is -8.60. The predicted octanol–water partition coefficient (Wildman–Crippen LogP) is 3.74. The number of ketones is 1. The molecule has 1 saturated heterocycles. The van der Waals surface area contributed by atoms with Crippen LogP contribution in [0.5, 0.6) is 0 Å². The summed E-state index contributed by atoms with van der Waals surface area (Å²) >= 11 is 0. The Hall–Kier alpha value is -5.74. The summed E-state index contributed by atoms with van der Waals surface area (Å²) in [7, 11) is 0. The molecule has 3 fully saturated rings. The first-order chi connectivity index (χ1) is 29.3. The first-order valence-corrected chi connectivity index (χ1v) is 20.4. The summed E-state index contributed by atoms with van der Waals surface area (Å²) in [6, 6.07) is 23.0. The van der Waals surface area contributed by atoms with Crippen LogP contribution in [-0.2, 0) is 42.9 Å². The topological polar surface area (TPSA) is 221 Å². The Morgan fingerprint density at radius 1 is 0.823 bits per heavy atom. The van der Waals surface area contributed by atoms with Gasteiger partial charge in [-0.3, -0.25) is 19.2 Å². The fourth-order valence-corrected chi connectivity index (χ4v) is 10.7. The lowest BCUT2D eigenvalue weighted by molar-refractivity contribution is -0.352. The maximum atomic E-state index is 15.5. The number of esters is 4. The molecule has 2 saturated carbocycles. The molecule has 0 spiro atoms. The molecule has 3 aliphatic carbocycles. The highest BCUT2D eigenvalue weighted by Crippen LogP contribution is 2.77. The van der Waals surface area contributed by atoms with Crippen molar-refractivity contribution in [1.82, 2.24) is 5.32 Å². The Bertz CT molecular complexity index is 2290. The number of ether oxygens (including phenoxy) is 5. The highest BCUT2D eigenvalue weighted by atomic mass is 16.6. The van der Waals surface area contributed by atoms with Gasteiger partial charge in [0.05, 0.1) is 42.3 Å². The summed E-state index contributed by atoms with van der Waals surface area (Å²) < 4.78 is 30.1. The zero-order chi connectivity index (χ0) is 45.0. The lowest BCUT2D eigenvalue weighted by atomic mass is 9.31. The number of carbonyl (C=O) groups is 6. The number of hydrogen-bond donors (Lipinski definition) is 4. The van der Waals surface area contributed by atoms with Crippen LogP contribution in [0.1, 0.15) is 86.7 Å². The fourth-order valence-electron chi connectivity index (χ4n) is 10.7. The highest BCUT2D eigenvalue weighted by Gasteiger charge is 2.88. The van der Waals surface area contributed by atoms with Crippen LogP contribution in [0, 0.1) is 16.7 Å². The molecule has 3 aromatic carbocycles. The van der Waals surface area contributed by atoms with Gasteiger partial charge in [-0.15, -0.1) is 0 Å². The van der Waals surface area contributed by atoms with Crippen LogP contribution in [-0.4, -0.2) is 105 Å². The Kier molecular flexibility index (Phi) is 11.6. The maximum absolute atomic E-state index is 15.5. The molecule has 1 heterocycles. The molecule has 62 heavy (non-hydrogen) atoms. The van der Waals surface area contributed by atoms with Gasteiger partial charge in [0.15, 0.2) is 23.6 Å². The molecule has 0 bridgehead atoms. The molecule has 328 valence electrons. The van der Waals surface area contributed by atoms with Gasteiger partial charge in [-0.25, -0.2) is 9.59 Å². The number of aliphatic hydroxyl groups is 3. The molecule has 15 nitrogen and oxygen atoms in total. The molecule has 15 heteroatoms. The van der Waals surface area contributed by atoms with Crippen LogP contribution in [0.2, 0.25) is 0 Å². The van der Waals surface area contributed by atoms with Gasteiger partial charge in [0.25, 0.3) is 5.91 Å². The zero-order valence-electron chi connectivity index (χ0n) is 35.3.